The minimum Gasteiger partial charge on any atom is -0.505 e. The van der Waals surface area contributed by atoms with E-state index in [0.717, 1.165) is 0 Å². The number of benzene rings is 7. The Morgan fingerprint density at radius 1 is 0.393 bits per heavy atom. The summed E-state index contributed by atoms with van der Waals surface area (Å²) in [6, 6.07) is 19.8. The molecular weight excluding hydrogens is 674 g/mol. The van der Waals surface area contributed by atoms with Crippen LogP contribution in [-0.4, -0.2) is 119 Å². The van der Waals surface area contributed by atoms with Gasteiger partial charge in [0, 0.05) is 5.56 Å². The van der Waals surface area contributed by atoms with Gasteiger partial charge in [-0.05, 0) is 62.0 Å². The molecule has 5 nitrogen and oxygen atoms in total. The highest BCUT2D eigenvalue weighted by atomic mass is 16.3. The van der Waals surface area contributed by atoms with Crippen molar-refractivity contribution in [2.24, 2.45) is 0 Å². The zero-order valence-corrected chi connectivity index (χ0v) is 29.5. The lowest BCUT2D eigenvalue weighted by Crippen LogP contribution is -2.55. The minimum atomic E-state index is -0.867. The molecule has 0 unspecified atom stereocenters. The van der Waals surface area contributed by atoms with Gasteiger partial charge in [-0.15, -0.1) is 32.8 Å². The van der Waals surface area contributed by atoms with Crippen molar-refractivity contribution in [1.82, 2.24) is 9.55 Å². The van der Waals surface area contributed by atoms with Gasteiger partial charge >= 0.3 is 0 Å². The summed E-state index contributed by atoms with van der Waals surface area (Å²) >= 11 is 0. The molecule has 0 spiro atoms. The number of fused-ring (bicyclic) bond motifs is 3. The molecule has 0 aliphatic rings. The average Bonchev–Trinajstić information content (AvgIpc) is 3.58. The summed E-state index contributed by atoms with van der Waals surface area (Å²) in [5.74, 6) is -2.12. The van der Waals surface area contributed by atoms with Crippen LogP contribution in [0.25, 0.3) is 71.9 Å². The van der Waals surface area contributed by atoms with Crippen LogP contribution in [0, 0.1) is 0 Å². The smallest absolute Gasteiger partial charge is 0.201 e. The highest BCUT2D eigenvalue weighted by molar-refractivity contribution is 6.70. The molecule has 1 heterocycles. The molecule has 17 heteroatoms. The van der Waals surface area contributed by atoms with E-state index in [0.29, 0.717) is 60.4 Å². The van der Waals surface area contributed by atoms with E-state index in [2.05, 4.69) is 0 Å². The third-order valence-electron chi connectivity index (χ3n) is 10.4. The Morgan fingerprint density at radius 2 is 0.839 bits per heavy atom. The molecule has 24 radical (unpaired) electrons. The van der Waals surface area contributed by atoms with Crippen molar-refractivity contribution in [3.05, 3.63) is 66.7 Å². The Bertz CT molecular complexity index is 2970. The Balaban J connectivity index is 1.60. The van der Waals surface area contributed by atoms with Crippen LogP contribution < -0.4 is 65.6 Å². The number of aromatic hydroxyl groups is 3. The van der Waals surface area contributed by atoms with E-state index in [1.165, 1.54) is 4.57 Å². The van der Waals surface area contributed by atoms with Gasteiger partial charge in [-0.1, -0.05) is 81.3 Å². The summed E-state index contributed by atoms with van der Waals surface area (Å²) in [6.45, 7) is 0. The first-order chi connectivity index (χ1) is 26.6. The normalized spacial score (nSPS) is 11.6. The fourth-order valence-electron chi connectivity index (χ4n) is 7.50. The van der Waals surface area contributed by atoms with E-state index in [1.54, 1.807) is 30.3 Å². The molecule has 0 amide bonds. The lowest BCUT2D eigenvalue weighted by Gasteiger charge is -2.27. The molecule has 0 saturated heterocycles. The third-order valence-corrected chi connectivity index (χ3v) is 10.4. The molecule has 0 aliphatic heterocycles. The molecule has 1 aromatic heterocycles. The van der Waals surface area contributed by atoms with Gasteiger partial charge in [-0.3, -0.25) is 4.57 Å². The molecule has 3 N–H and O–H groups in total. The van der Waals surface area contributed by atoms with Gasteiger partial charge in [-0.25, -0.2) is 4.98 Å². The van der Waals surface area contributed by atoms with E-state index in [9.17, 15) is 15.3 Å². The number of phenolic OH excluding ortho intramolecular Hbond substituents is 3. The van der Waals surface area contributed by atoms with Gasteiger partial charge in [-0.2, -0.15) is 0 Å². The molecule has 0 atom stereocenters. The summed E-state index contributed by atoms with van der Waals surface area (Å²) in [6.07, 6.45) is 0. The maximum Gasteiger partial charge on any atom is 0.201 e. The van der Waals surface area contributed by atoms with Crippen LogP contribution in [0.15, 0.2) is 66.7 Å². The van der Waals surface area contributed by atoms with E-state index in [1.807, 2.05) is 36.4 Å². The molecule has 0 fully saturated rings. The molecule has 7 aromatic carbocycles. The number of phenols is 3. The topological polar surface area (TPSA) is 78.5 Å². The zero-order valence-electron chi connectivity index (χ0n) is 29.5. The Kier molecular flexibility index (Phi) is 9.02. The van der Waals surface area contributed by atoms with Gasteiger partial charge in [0.1, 0.15) is 100.0 Å². The molecule has 56 heavy (non-hydrogen) atoms. The van der Waals surface area contributed by atoms with E-state index in [4.69, 9.17) is 99.1 Å². The summed E-state index contributed by atoms with van der Waals surface area (Å²) in [5, 5.41) is 34.8. The number of aromatic nitrogens is 2. The van der Waals surface area contributed by atoms with E-state index in [-0.39, 0.29) is 77.1 Å². The first kappa shape index (κ1) is 37.6. The van der Waals surface area contributed by atoms with Crippen LogP contribution in [0.2, 0.25) is 0 Å². The Hall–Kier alpha value is -5.29. The Labute approximate surface area is 339 Å². The highest BCUT2D eigenvalue weighted by Gasteiger charge is 2.27. The second kappa shape index (κ2) is 13.4. The molecular formula is C39H14B12N2O3. The third kappa shape index (κ3) is 5.22. The van der Waals surface area contributed by atoms with Gasteiger partial charge in [0.25, 0.3) is 0 Å². The lowest BCUT2D eigenvalue weighted by atomic mass is 9.58. The summed E-state index contributed by atoms with van der Waals surface area (Å²) in [5.41, 5.74) is 3.11. The fourth-order valence-corrected chi connectivity index (χ4v) is 7.50. The number of nitrogens with zero attached hydrogens (tertiary/aromatic N) is 2. The molecule has 0 saturated carbocycles. The largest absolute Gasteiger partial charge is 0.505 e. The number of rotatable bonds is 4. The first-order valence-electron chi connectivity index (χ1n) is 16.9. The van der Waals surface area contributed by atoms with Crippen LogP contribution in [0.5, 0.6) is 17.2 Å². The summed E-state index contributed by atoms with van der Waals surface area (Å²) in [4.78, 5) is 4.93. The Morgan fingerprint density at radius 3 is 1.38 bits per heavy atom. The van der Waals surface area contributed by atoms with Crippen LogP contribution >= 0.6 is 0 Å². The van der Waals surface area contributed by atoms with Crippen LogP contribution in [0.3, 0.4) is 0 Å². The van der Waals surface area contributed by atoms with Crippen LogP contribution in [0.1, 0.15) is 0 Å². The zero-order chi connectivity index (χ0) is 40.2. The second-order valence-corrected chi connectivity index (χ2v) is 13.4. The van der Waals surface area contributed by atoms with Crippen molar-refractivity contribution in [3.63, 3.8) is 0 Å². The van der Waals surface area contributed by atoms with Crippen molar-refractivity contribution in [2.45, 2.75) is 0 Å². The fraction of sp³-hybridized carbons (Fsp3) is 0. The standard InChI is InChI=1S/C39H14B12N2O3/c40-23-21(24(41)28(45)31(48)27(23)44)19-13-5-1-2-6-14(13)20(22-25(42)29(46)32(49)30(47)26(22)43)16-11-12(9-10-15(16)19)39-52-17-7-3-4-8-18(17)53(39)35-33(50)34(51)36(54)38(56)37(35)55/h1-11,54-56H. The molecule has 0 aliphatic carbocycles. The summed E-state index contributed by atoms with van der Waals surface area (Å²) in [7, 11) is 77.6. The van der Waals surface area contributed by atoms with Crippen LogP contribution in [-0.2, 0) is 0 Å². The number of hydrogen-bond donors (Lipinski definition) is 3. The van der Waals surface area contributed by atoms with Crippen molar-refractivity contribution in [2.75, 3.05) is 0 Å². The lowest BCUT2D eigenvalue weighted by molar-refractivity contribution is 0.369. The van der Waals surface area contributed by atoms with Gasteiger partial charge < -0.3 is 15.3 Å². The first-order valence-corrected chi connectivity index (χ1v) is 16.9. The van der Waals surface area contributed by atoms with Gasteiger partial charge in [0.15, 0.2) is 11.5 Å². The second-order valence-electron chi connectivity index (χ2n) is 13.4. The molecule has 8 aromatic rings. The maximum atomic E-state index is 11.3. The van der Waals surface area contributed by atoms with Gasteiger partial charge in [0.05, 0.1) is 16.7 Å². The summed E-state index contributed by atoms with van der Waals surface area (Å²) < 4.78 is 1.53. The predicted octanol–water partition coefficient (Wildman–Crippen LogP) is -5.02. The predicted molar refractivity (Wildman–Crippen MR) is 242 cm³/mol. The number of para-hydroxylation sites is 2. The number of imidazole rings is 1. The monoisotopic (exact) mass is 690 g/mol. The van der Waals surface area contributed by atoms with Crippen molar-refractivity contribution in [1.29, 1.82) is 0 Å². The van der Waals surface area contributed by atoms with Crippen molar-refractivity contribution in [3.8, 4) is 56.6 Å². The average molecular weight is 688 g/mol. The van der Waals surface area contributed by atoms with Crippen molar-refractivity contribution < 1.29 is 15.3 Å². The van der Waals surface area contributed by atoms with Crippen LogP contribution in [0.4, 0.5) is 0 Å². The quantitative estimate of drug-likeness (QED) is 0.0985. The molecule has 0 bridgehead atoms. The van der Waals surface area contributed by atoms with Crippen molar-refractivity contribution >= 4 is 192 Å². The van der Waals surface area contributed by atoms with E-state index < -0.39 is 17.2 Å². The SMILES string of the molecule is [B]c1c([B])c([B])c(-c2c3ccccc3c(-c3c([B])c([B])c([B])c([B])c3[B])c3cc(-c4nc5ccccc5n4-c4c([B])c([B])c(O)c(O)c4O)ccc23)c([B])c1[B]. The molecule has 8 rings (SSSR count). The molecule has 234 valence electrons. The number of hydrogen-bond acceptors (Lipinski definition) is 4. The van der Waals surface area contributed by atoms with Gasteiger partial charge in [0.2, 0.25) is 5.75 Å². The highest BCUT2D eigenvalue weighted by Crippen LogP contribution is 2.44. The minimum absolute atomic E-state index is 0.0329. The maximum absolute atomic E-state index is 11.3. The van der Waals surface area contributed by atoms with E-state index >= 15 is 0 Å².